The van der Waals surface area contributed by atoms with Gasteiger partial charge < -0.3 is 36.8 Å². The second-order valence-corrected chi connectivity index (χ2v) is 12.4. The lowest BCUT2D eigenvalue weighted by Crippen LogP contribution is -2.76. The van der Waals surface area contributed by atoms with Crippen molar-refractivity contribution in [3.63, 3.8) is 0 Å². The van der Waals surface area contributed by atoms with E-state index < -0.39 is 58.2 Å². The van der Waals surface area contributed by atoms with Crippen LogP contribution in [-0.4, -0.2) is 101 Å². The number of ether oxygens (including phenoxy) is 1. The number of nitrogens with zero attached hydrogens (tertiary/aromatic N) is 4. The van der Waals surface area contributed by atoms with Crippen LogP contribution in [0.2, 0.25) is 0 Å². The van der Waals surface area contributed by atoms with Gasteiger partial charge in [0.2, 0.25) is 0 Å². The number of anilines is 1. The molecular weight excluding hydrogens is 636 g/mol. The van der Waals surface area contributed by atoms with E-state index in [4.69, 9.17) is 25.6 Å². The highest BCUT2D eigenvalue weighted by Crippen LogP contribution is 2.33. The van der Waals surface area contributed by atoms with E-state index in [1.165, 1.54) is 19.2 Å². The van der Waals surface area contributed by atoms with E-state index in [-0.39, 0.29) is 10.8 Å². The third-order valence-corrected chi connectivity index (χ3v) is 7.85. The smallest absolute Gasteiger partial charge is 0.418 e. The number of nitrogen functional groups attached to an aromatic ring is 1. The molecule has 3 atom stereocenters. The van der Waals surface area contributed by atoms with Crippen LogP contribution in [0.4, 0.5) is 5.13 Å². The highest BCUT2D eigenvalue weighted by Gasteiger charge is 2.58. The summed E-state index contributed by atoms with van der Waals surface area (Å²) in [6.07, 6.45) is 0.453. The topological polar surface area (TPSA) is 270 Å². The standard InChI is InChI=1S/C25H32N8O10S2/c1-25(2)19(22(35)33(25)43-45(38,39)40)31-21(34)18(16-12-44-24(27)30-16)32-42-17(23(36)37)11-41-15-7-5-13(6-8-15)20(26)29-10-14-4-3-9-28-14/h5-8,12,14,17,19,28H,3-4,9-11H2,1-2H3,(H2,26,29)(H2,27,30)(H,31,34)(H,36,37)(H,38,39,40). The Morgan fingerprint density at radius 1 is 1.31 bits per heavy atom. The Hall–Kier alpha value is -4.37. The molecule has 2 amide bonds. The number of hydrogen-bond donors (Lipinski definition) is 6. The Kier molecular flexibility index (Phi) is 10.2. The first-order valence-corrected chi connectivity index (χ1v) is 15.7. The number of rotatable bonds is 14. The van der Waals surface area contributed by atoms with Crippen LogP contribution in [0, 0.1) is 0 Å². The van der Waals surface area contributed by atoms with Gasteiger partial charge in [0.05, 0.1) is 12.1 Å². The number of aliphatic carboxylic acids is 1. The van der Waals surface area contributed by atoms with Gasteiger partial charge in [0.15, 0.2) is 10.8 Å². The van der Waals surface area contributed by atoms with Crippen LogP contribution in [0.25, 0.3) is 0 Å². The van der Waals surface area contributed by atoms with Crippen molar-refractivity contribution >= 4 is 56.2 Å². The molecule has 1 aromatic heterocycles. The molecule has 45 heavy (non-hydrogen) atoms. The number of benzene rings is 1. The molecule has 0 aliphatic carbocycles. The van der Waals surface area contributed by atoms with Gasteiger partial charge in [-0.15, -0.1) is 15.6 Å². The van der Waals surface area contributed by atoms with Crippen molar-refractivity contribution in [2.75, 3.05) is 25.4 Å². The lowest BCUT2D eigenvalue weighted by atomic mass is 9.84. The van der Waals surface area contributed by atoms with Gasteiger partial charge >= 0.3 is 16.4 Å². The van der Waals surface area contributed by atoms with E-state index in [2.05, 4.69) is 30.0 Å². The van der Waals surface area contributed by atoms with Crippen LogP contribution in [0.5, 0.6) is 5.75 Å². The number of nitrogens with one attached hydrogen (secondary N) is 2. The molecule has 3 unspecified atom stereocenters. The van der Waals surface area contributed by atoms with Crippen LogP contribution in [-0.2, 0) is 33.9 Å². The van der Waals surface area contributed by atoms with Crippen molar-refractivity contribution in [3.05, 3.63) is 40.9 Å². The van der Waals surface area contributed by atoms with Gasteiger partial charge in [-0.3, -0.25) is 19.1 Å². The summed E-state index contributed by atoms with van der Waals surface area (Å²) in [5, 5.41) is 20.9. The van der Waals surface area contributed by atoms with Crippen molar-refractivity contribution in [3.8, 4) is 5.75 Å². The fraction of sp³-hybridized carbons (Fsp3) is 0.440. The van der Waals surface area contributed by atoms with E-state index in [1.54, 1.807) is 24.3 Å². The fourth-order valence-electron chi connectivity index (χ4n) is 4.39. The number of thiazole rings is 1. The molecule has 244 valence electrons. The number of aromatic nitrogens is 1. The summed E-state index contributed by atoms with van der Waals surface area (Å²) in [5.74, 6) is -2.82. The molecule has 2 aliphatic heterocycles. The first-order valence-electron chi connectivity index (χ1n) is 13.4. The summed E-state index contributed by atoms with van der Waals surface area (Å²) in [4.78, 5) is 51.1. The molecule has 2 fully saturated rings. The average molecular weight is 669 g/mol. The average Bonchev–Trinajstić information content (AvgIpc) is 3.66. The number of amidine groups is 1. The largest absolute Gasteiger partial charge is 0.489 e. The molecule has 0 bridgehead atoms. The van der Waals surface area contributed by atoms with Gasteiger partial charge in [-0.2, -0.15) is 13.5 Å². The molecule has 20 heteroatoms. The van der Waals surface area contributed by atoms with Crippen molar-refractivity contribution in [2.24, 2.45) is 15.9 Å². The van der Waals surface area contributed by atoms with Crippen LogP contribution in [0.15, 0.2) is 39.8 Å². The van der Waals surface area contributed by atoms with Crippen molar-refractivity contribution < 1.29 is 46.3 Å². The lowest BCUT2D eigenvalue weighted by Gasteiger charge is -2.50. The first kappa shape index (κ1) is 33.5. The molecule has 8 N–H and O–H groups in total. The maximum atomic E-state index is 13.2. The molecular formula is C25H32N8O10S2. The van der Waals surface area contributed by atoms with Gasteiger partial charge in [-0.25, -0.2) is 9.78 Å². The number of carboxylic acid groups (broad SMARTS) is 1. The van der Waals surface area contributed by atoms with E-state index in [0.29, 0.717) is 34.8 Å². The van der Waals surface area contributed by atoms with Crippen LogP contribution >= 0.6 is 11.3 Å². The highest BCUT2D eigenvalue weighted by atomic mass is 32.3. The second-order valence-electron chi connectivity index (χ2n) is 10.5. The SMILES string of the molecule is CC1(C)C(NC(=O)C(=NOC(COc2ccc(C(N)=NCC3CCCN3)cc2)C(=O)O)c2csc(N)n2)C(=O)N1OS(=O)(=O)O. The second kappa shape index (κ2) is 13.7. The summed E-state index contributed by atoms with van der Waals surface area (Å²) in [5.41, 5.74) is 10.4. The van der Waals surface area contributed by atoms with Gasteiger partial charge in [0.1, 0.15) is 29.9 Å². The van der Waals surface area contributed by atoms with Crippen molar-refractivity contribution in [1.82, 2.24) is 20.7 Å². The van der Waals surface area contributed by atoms with Gasteiger partial charge in [-0.1, -0.05) is 5.16 Å². The Balaban J connectivity index is 1.42. The molecule has 2 aliphatic rings. The summed E-state index contributed by atoms with van der Waals surface area (Å²) >= 11 is 0.955. The number of hydrogen-bond acceptors (Lipinski definition) is 14. The Labute approximate surface area is 261 Å². The summed E-state index contributed by atoms with van der Waals surface area (Å²) < 4.78 is 40.9. The number of carboxylic acids is 1. The number of carbonyl (C=O) groups excluding carboxylic acids is 2. The zero-order valence-electron chi connectivity index (χ0n) is 24.1. The minimum Gasteiger partial charge on any atom is -0.489 e. The van der Waals surface area contributed by atoms with Crippen LogP contribution < -0.4 is 26.8 Å². The van der Waals surface area contributed by atoms with E-state index in [0.717, 1.165) is 30.7 Å². The maximum absolute atomic E-state index is 13.2. The molecule has 3 heterocycles. The van der Waals surface area contributed by atoms with E-state index in [1.807, 2.05) is 0 Å². The minimum atomic E-state index is -5.01. The molecule has 0 spiro atoms. The Morgan fingerprint density at radius 3 is 2.58 bits per heavy atom. The number of β-lactam (4-membered cyclic amide) rings is 1. The first-order chi connectivity index (χ1) is 21.2. The molecule has 0 saturated carbocycles. The zero-order chi connectivity index (χ0) is 32.9. The Morgan fingerprint density at radius 2 is 2.02 bits per heavy atom. The maximum Gasteiger partial charge on any atom is 0.418 e. The third kappa shape index (κ3) is 8.42. The predicted octanol–water partition coefficient (Wildman–Crippen LogP) is -0.724. The Bertz CT molecular complexity index is 1590. The van der Waals surface area contributed by atoms with Crippen LogP contribution in [0.3, 0.4) is 0 Å². The third-order valence-electron chi connectivity index (χ3n) is 6.84. The summed E-state index contributed by atoms with van der Waals surface area (Å²) in [6.45, 7) is 3.73. The van der Waals surface area contributed by atoms with Crippen molar-refractivity contribution in [2.45, 2.75) is 50.4 Å². The minimum absolute atomic E-state index is 0.0562. The highest BCUT2D eigenvalue weighted by molar-refractivity contribution is 7.80. The lowest BCUT2D eigenvalue weighted by molar-refractivity contribution is -0.218. The monoisotopic (exact) mass is 668 g/mol. The summed E-state index contributed by atoms with van der Waals surface area (Å²) in [7, 11) is -5.01. The molecule has 1 aromatic carbocycles. The van der Waals surface area contributed by atoms with E-state index >= 15 is 0 Å². The van der Waals surface area contributed by atoms with Crippen molar-refractivity contribution in [1.29, 1.82) is 0 Å². The quantitative estimate of drug-likeness (QED) is 0.0477. The van der Waals surface area contributed by atoms with E-state index in [9.17, 15) is 27.9 Å². The normalized spacial score (nSPS) is 20.8. The number of oxime groups is 1. The van der Waals surface area contributed by atoms with Gasteiger partial charge in [-0.05, 0) is 57.5 Å². The number of aliphatic imine (C=N–C) groups is 1. The number of carbonyl (C=O) groups is 3. The number of nitrogens with two attached hydrogens (primary N) is 2. The zero-order valence-corrected chi connectivity index (χ0v) is 25.7. The molecule has 0 radical (unpaired) electrons. The molecule has 4 rings (SSSR count). The predicted molar refractivity (Wildman–Crippen MR) is 160 cm³/mol. The molecule has 2 saturated heterocycles. The summed E-state index contributed by atoms with van der Waals surface area (Å²) in [6, 6.07) is 5.48. The number of amides is 2. The number of hydroxylamine groups is 2. The van der Waals surface area contributed by atoms with Gasteiger partial charge in [0, 0.05) is 17.0 Å². The molecule has 18 nitrogen and oxygen atoms in total. The van der Waals surface area contributed by atoms with Crippen LogP contribution in [0.1, 0.15) is 37.9 Å². The van der Waals surface area contributed by atoms with Gasteiger partial charge in [0.25, 0.3) is 17.9 Å². The molecule has 2 aromatic rings. The fourth-order valence-corrected chi connectivity index (χ4v) is 5.39.